The van der Waals surface area contributed by atoms with Crippen molar-refractivity contribution in [3.63, 3.8) is 0 Å². The maximum atomic E-state index is 2.63. The van der Waals surface area contributed by atoms with Gasteiger partial charge >= 0.3 is 18.9 Å². The Hall–Kier alpha value is 2.25. The summed E-state index contributed by atoms with van der Waals surface area (Å²) in [6, 6.07) is 0. The molecule has 0 aromatic carbocycles. The normalized spacial score (nSPS) is 10.9. The quantitative estimate of drug-likeness (QED) is 0.615. The third-order valence-electron chi connectivity index (χ3n) is 1.83. The van der Waals surface area contributed by atoms with Crippen LogP contribution in [0.2, 0.25) is 32.7 Å². The number of rotatable bonds is 2. The van der Waals surface area contributed by atoms with E-state index in [-0.39, 0.29) is 56.6 Å². The van der Waals surface area contributed by atoms with Crippen LogP contribution in [0.25, 0.3) is 0 Å². The molecular formula is C6H20ArLiNSi2. The van der Waals surface area contributed by atoms with E-state index in [4.69, 9.17) is 0 Å². The predicted molar refractivity (Wildman–Crippen MR) is 57.1 cm³/mol. The van der Waals surface area contributed by atoms with Gasteiger partial charge in [0.2, 0.25) is 0 Å². The molecular weight excluding hydrogens is 189 g/mol. The first-order valence-electron chi connectivity index (χ1n) is 3.58. The molecule has 0 N–H and O–H groups in total. The van der Waals surface area contributed by atoms with E-state index in [1.54, 1.807) is 0 Å². The van der Waals surface area contributed by atoms with Crippen molar-refractivity contribution in [3.8, 4) is 0 Å². The Morgan fingerprint density at radius 1 is 1.09 bits per heavy atom. The molecule has 11 heavy (non-hydrogen) atoms. The van der Waals surface area contributed by atoms with Crippen LogP contribution in [0.4, 0.5) is 0 Å². The van der Waals surface area contributed by atoms with E-state index in [0.717, 1.165) is 0 Å². The van der Waals surface area contributed by atoms with Gasteiger partial charge in [-0.25, -0.2) is 0 Å². The van der Waals surface area contributed by atoms with Crippen LogP contribution < -0.4 is 0 Å². The first-order chi connectivity index (χ1) is 3.85. The summed E-state index contributed by atoms with van der Waals surface area (Å²) in [6.07, 6.45) is 0. The molecule has 0 heterocycles. The summed E-state index contributed by atoms with van der Waals surface area (Å²) in [5.41, 5.74) is 0. The Balaban J connectivity index is -0.000000320. The fraction of sp³-hybridized carbons (Fsp3) is 1.00. The van der Waals surface area contributed by atoms with Crippen molar-refractivity contribution in [3.05, 3.63) is 0 Å². The van der Waals surface area contributed by atoms with Crippen LogP contribution in [0.3, 0.4) is 0 Å². The second kappa shape index (κ2) is 7.64. The molecule has 0 aliphatic heterocycles. The fourth-order valence-corrected chi connectivity index (χ4v) is 6.97. The second-order valence-electron chi connectivity index (χ2n) is 3.88. The molecule has 66 valence electrons. The summed E-state index contributed by atoms with van der Waals surface area (Å²) >= 11 is 0. The van der Waals surface area contributed by atoms with Crippen molar-refractivity contribution in [1.82, 2.24) is 4.23 Å². The number of hydrogen-bond acceptors (Lipinski definition) is 1. The molecule has 1 nitrogen and oxygen atoms in total. The van der Waals surface area contributed by atoms with E-state index in [1.165, 1.54) is 0 Å². The van der Waals surface area contributed by atoms with Gasteiger partial charge in [-0.2, -0.15) is 0 Å². The molecule has 0 atom stereocenters. The van der Waals surface area contributed by atoms with Gasteiger partial charge in [0.1, 0.15) is 8.24 Å². The van der Waals surface area contributed by atoms with Crippen molar-refractivity contribution in [2.45, 2.75) is 32.7 Å². The molecule has 0 bridgehead atoms. The molecule has 0 fully saturated rings. The van der Waals surface area contributed by atoms with E-state index in [1.807, 2.05) is 0 Å². The van der Waals surface area contributed by atoms with E-state index in [2.05, 4.69) is 44.0 Å². The summed E-state index contributed by atoms with van der Waals surface area (Å²) in [6.45, 7) is 12.0. The van der Waals surface area contributed by atoms with Gasteiger partial charge in [0.15, 0.2) is 0 Å². The van der Waals surface area contributed by atoms with E-state index in [9.17, 15) is 0 Å². The molecule has 0 saturated carbocycles. The molecule has 0 spiro atoms. The van der Waals surface area contributed by atoms with E-state index >= 15 is 0 Å². The molecule has 0 aliphatic carbocycles. The summed E-state index contributed by atoms with van der Waals surface area (Å²) in [4.78, 5) is 0. The molecule has 0 aromatic rings. The zero-order chi connectivity index (χ0) is 7.65. The molecule has 0 aromatic heterocycles. The monoisotopic (exact) mass is 209 g/mol. The molecule has 0 unspecified atom stereocenters. The van der Waals surface area contributed by atoms with Crippen LogP contribution >= 0.6 is 0 Å². The maximum absolute atomic E-state index is 2.63. The fourth-order valence-electron chi connectivity index (χ4n) is 0.775. The zero-order valence-electron chi connectivity index (χ0n) is 7.88. The van der Waals surface area contributed by atoms with Gasteiger partial charge < -0.3 is 4.23 Å². The van der Waals surface area contributed by atoms with Gasteiger partial charge in [-0.05, 0) is 7.05 Å². The van der Waals surface area contributed by atoms with Crippen LogP contribution in [-0.2, 0) is 0 Å². The standard InChI is InChI=1S/C6H19NSi2.Ar.Li.H/c1-7(8(2)3)9(4,5)6;;;/h8H,1-6H3;;;. The molecule has 0 radical (unpaired) electrons. The van der Waals surface area contributed by atoms with Gasteiger partial charge in [0.05, 0.1) is 8.96 Å². The van der Waals surface area contributed by atoms with Crippen molar-refractivity contribution < 1.29 is 37.7 Å². The molecule has 0 saturated heterocycles. The molecule has 5 heteroatoms. The number of nitrogens with zero attached hydrogens (tertiary/aromatic N) is 1. The van der Waals surface area contributed by atoms with Crippen LogP contribution in [0.15, 0.2) is 0 Å². The van der Waals surface area contributed by atoms with Gasteiger partial charge in [-0.1, -0.05) is 32.7 Å². The van der Waals surface area contributed by atoms with Gasteiger partial charge in [0, 0.05) is 37.7 Å². The summed E-state index contributed by atoms with van der Waals surface area (Å²) in [7, 11) is 0.858. The second-order valence-corrected chi connectivity index (χ2v) is 12.4. The Kier molecular flexibility index (Phi) is 13.1. The number of hydrogen-bond donors (Lipinski definition) is 0. The molecule has 0 aliphatic rings. The summed E-state index contributed by atoms with van der Waals surface area (Å²) < 4.78 is 2.63. The van der Waals surface area contributed by atoms with Crippen LogP contribution in [0.5, 0.6) is 0 Å². The average Bonchev–Trinajstić information content (AvgIpc) is 1.62. The van der Waals surface area contributed by atoms with Crippen molar-refractivity contribution in [1.29, 1.82) is 0 Å². The molecule has 0 amide bonds. The van der Waals surface area contributed by atoms with E-state index < -0.39 is 17.2 Å². The zero-order valence-corrected chi connectivity index (χ0v) is 10.7. The third kappa shape index (κ3) is 8.58. The first kappa shape index (κ1) is 18.9. The minimum absolute atomic E-state index is 0. The Morgan fingerprint density at radius 2 is 1.36 bits per heavy atom. The SMILES string of the molecule is CN([SiH](C)C)[Si](C)(C)C.[Ar].[LiH]. The van der Waals surface area contributed by atoms with Gasteiger partial charge in [0.25, 0.3) is 0 Å². The Bertz CT molecular complexity index is 95.1. The average molecular weight is 209 g/mol. The van der Waals surface area contributed by atoms with Crippen LogP contribution in [0.1, 0.15) is 0 Å². The van der Waals surface area contributed by atoms with Crippen molar-refractivity contribution in [2.24, 2.45) is 0 Å². The van der Waals surface area contributed by atoms with Crippen LogP contribution in [0, 0.1) is 37.7 Å². The van der Waals surface area contributed by atoms with Crippen LogP contribution in [-0.4, -0.2) is 47.3 Å². The Labute approximate surface area is 116 Å². The third-order valence-corrected chi connectivity index (χ3v) is 9.37. The van der Waals surface area contributed by atoms with Gasteiger partial charge in [-0.15, -0.1) is 0 Å². The van der Waals surface area contributed by atoms with Crippen molar-refractivity contribution in [2.75, 3.05) is 7.05 Å². The minimum atomic E-state index is -0.929. The van der Waals surface area contributed by atoms with E-state index in [0.29, 0.717) is 0 Å². The van der Waals surface area contributed by atoms with Crippen molar-refractivity contribution >= 4 is 36.1 Å². The topological polar surface area (TPSA) is 3.24 Å². The summed E-state index contributed by atoms with van der Waals surface area (Å²) in [5, 5.41) is 0. The Morgan fingerprint density at radius 3 is 1.36 bits per heavy atom. The first-order valence-corrected chi connectivity index (χ1v) is 9.86. The molecule has 0 rings (SSSR count). The summed E-state index contributed by atoms with van der Waals surface area (Å²) in [5.74, 6) is 0. The predicted octanol–water partition coefficient (Wildman–Crippen LogP) is 1.09. The van der Waals surface area contributed by atoms with Gasteiger partial charge in [-0.3, -0.25) is 0 Å².